The van der Waals surface area contributed by atoms with E-state index in [2.05, 4.69) is 12.1 Å². The van der Waals surface area contributed by atoms with Crippen LogP contribution in [0.25, 0.3) is 0 Å². The minimum atomic E-state index is -0.263. The van der Waals surface area contributed by atoms with E-state index in [1.54, 1.807) is 0 Å². The molecule has 0 fully saturated rings. The molecule has 2 nitrogen and oxygen atoms in total. The highest BCUT2D eigenvalue weighted by molar-refractivity contribution is 5.16. The molecule has 0 bridgehead atoms. The van der Waals surface area contributed by atoms with Crippen LogP contribution in [-0.2, 0) is 6.42 Å². The van der Waals surface area contributed by atoms with Gasteiger partial charge in [-0.05, 0) is 26.6 Å². The number of hydrogen-bond donors (Lipinski definition) is 1. The first kappa shape index (κ1) is 10.2. The van der Waals surface area contributed by atoms with Gasteiger partial charge in [-0.15, -0.1) is 0 Å². The molecule has 0 heterocycles. The normalized spacial score (nSPS) is 15.8. The van der Waals surface area contributed by atoms with E-state index < -0.39 is 0 Å². The summed E-state index contributed by atoms with van der Waals surface area (Å²) in [6.07, 6.45) is 0.876. The molecule has 0 aliphatic heterocycles. The highest BCUT2D eigenvalue weighted by Gasteiger charge is 2.20. The lowest BCUT2D eigenvalue weighted by Gasteiger charge is -2.32. The Bertz CT molecular complexity index is 252. The zero-order chi connectivity index (χ0) is 9.90. The topological polar surface area (TPSA) is 29.3 Å². The van der Waals surface area contributed by atoms with Crippen LogP contribution in [0.1, 0.15) is 12.5 Å². The summed E-state index contributed by atoms with van der Waals surface area (Å²) >= 11 is 0. The lowest BCUT2D eigenvalue weighted by Crippen LogP contribution is -2.51. The molecule has 1 atom stereocenters. The second-order valence-electron chi connectivity index (χ2n) is 3.91. The Kier molecular flexibility index (Phi) is 3.07. The fourth-order valence-electron chi connectivity index (χ4n) is 1.17. The van der Waals surface area contributed by atoms with Gasteiger partial charge in [0.25, 0.3) is 0 Å². The summed E-state index contributed by atoms with van der Waals surface area (Å²) in [5.74, 6) is 0. The number of rotatable bonds is 3. The van der Waals surface area contributed by atoms with Gasteiger partial charge in [0.15, 0.2) is 0 Å². The largest absolute Gasteiger partial charge is 0.313 e. The molecule has 2 N–H and O–H groups in total. The fraction of sp³-hybridized carbons (Fsp3) is 0.455. The van der Waals surface area contributed by atoms with Crippen LogP contribution in [0.4, 0.5) is 0 Å². The molecule has 1 aromatic rings. The highest BCUT2D eigenvalue weighted by Crippen LogP contribution is 2.11. The van der Waals surface area contributed by atoms with Crippen molar-refractivity contribution in [2.75, 3.05) is 14.1 Å². The molecule has 2 heteroatoms. The molecular formula is C11H18N2. The van der Waals surface area contributed by atoms with Crippen LogP contribution < -0.4 is 5.73 Å². The fourth-order valence-corrected chi connectivity index (χ4v) is 1.17. The van der Waals surface area contributed by atoms with Crippen molar-refractivity contribution in [3.63, 3.8) is 0 Å². The summed E-state index contributed by atoms with van der Waals surface area (Å²) in [4.78, 5) is 2.04. The van der Waals surface area contributed by atoms with Crippen molar-refractivity contribution in [1.82, 2.24) is 4.90 Å². The maximum Gasteiger partial charge on any atom is 0.0694 e. The minimum Gasteiger partial charge on any atom is -0.313 e. The molecule has 0 saturated heterocycles. The van der Waals surface area contributed by atoms with E-state index in [1.807, 2.05) is 44.1 Å². The van der Waals surface area contributed by atoms with Crippen LogP contribution in [0.2, 0.25) is 0 Å². The lowest BCUT2D eigenvalue weighted by molar-refractivity contribution is 0.180. The van der Waals surface area contributed by atoms with Crippen LogP contribution in [0.3, 0.4) is 0 Å². The first-order chi connectivity index (χ1) is 6.02. The Morgan fingerprint density at radius 3 is 2.23 bits per heavy atom. The Hall–Kier alpha value is -0.860. The summed E-state index contributed by atoms with van der Waals surface area (Å²) in [7, 11) is 4.01. The third-order valence-electron chi connectivity index (χ3n) is 2.43. The first-order valence-electron chi connectivity index (χ1n) is 4.52. The molecule has 0 aliphatic rings. The minimum absolute atomic E-state index is 0.263. The van der Waals surface area contributed by atoms with Crippen molar-refractivity contribution < 1.29 is 0 Å². The number of nitrogens with two attached hydrogens (primary N) is 1. The second kappa shape index (κ2) is 3.90. The van der Waals surface area contributed by atoms with Crippen LogP contribution >= 0.6 is 0 Å². The van der Waals surface area contributed by atoms with E-state index in [1.165, 1.54) is 5.56 Å². The van der Waals surface area contributed by atoms with Crippen molar-refractivity contribution in [3.05, 3.63) is 35.9 Å². The molecule has 72 valence electrons. The van der Waals surface area contributed by atoms with Gasteiger partial charge in [-0.1, -0.05) is 30.3 Å². The van der Waals surface area contributed by atoms with E-state index in [4.69, 9.17) is 5.73 Å². The summed E-state index contributed by atoms with van der Waals surface area (Å²) in [5, 5.41) is 0. The van der Waals surface area contributed by atoms with E-state index in [-0.39, 0.29) is 5.66 Å². The smallest absolute Gasteiger partial charge is 0.0694 e. The quantitative estimate of drug-likeness (QED) is 0.710. The molecule has 0 radical (unpaired) electrons. The third-order valence-corrected chi connectivity index (χ3v) is 2.43. The average molecular weight is 178 g/mol. The van der Waals surface area contributed by atoms with Crippen molar-refractivity contribution in [3.8, 4) is 0 Å². The average Bonchev–Trinajstić information content (AvgIpc) is 2.05. The molecule has 0 aromatic heterocycles. The van der Waals surface area contributed by atoms with Crippen LogP contribution in [0.15, 0.2) is 30.3 Å². The first-order valence-corrected chi connectivity index (χ1v) is 4.52. The maximum absolute atomic E-state index is 6.12. The molecule has 0 aliphatic carbocycles. The number of benzene rings is 1. The summed E-state index contributed by atoms with van der Waals surface area (Å²) in [6, 6.07) is 10.3. The predicted octanol–water partition coefficient (Wildman–Crippen LogP) is 1.47. The van der Waals surface area contributed by atoms with Crippen LogP contribution in [0.5, 0.6) is 0 Å². The Morgan fingerprint density at radius 2 is 1.77 bits per heavy atom. The molecule has 1 unspecified atom stereocenters. The third kappa shape index (κ3) is 2.83. The molecule has 13 heavy (non-hydrogen) atoms. The van der Waals surface area contributed by atoms with Gasteiger partial charge in [0, 0.05) is 6.42 Å². The van der Waals surface area contributed by atoms with E-state index in [9.17, 15) is 0 Å². The zero-order valence-electron chi connectivity index (χ0n) is 8.62. The van der Waals surface area contributed by atoms with E-state index in [0.717, 1.165) is 6.42 Å². The van der Waals surface area contributed by atoms with Gasteiger partial charge in [0.05, 0.1) is 5.66 Å². The molecule has 0 amide bonds. The van der Waals surface area contributed by atoms with Gasteiger partial charge in [0.2, 0.25) is 0 Å². The van der Waals surface area contributed by atoms with Gasteiger partial charge in [-0.25, -0.2) is 0 Å². The Balaban J connectivity index is 2.69. The van der Waals surface area contributed by atoms with E-state index in [0.29, 0.717) is 0 Å². The van der Waals surface area contributed by atoms with Gasteiger partial charge < -0.3 is 5.73 Å². The van der Waals surface area contributed by atoms with Crippen molar-refractivity contribution in [2.24, 2.45) is 5.73 Å². The van der Waals surface area contributed by atoms with Gasteiger partial charge in [0.1, 0.15) is 0 Å². The summed E-state index contributed by atoms with van der Waals surface area (Å²) in [5.41, 5.74) is 7.13. The number of nitrogens with zero attached hydrogens (tertiary/aromatic N) is 1. The Labute approximate surface area is 80.4 Å². The summed E-state index contributed by atoms with van der Waals surface area (Å²) < 4.78 is 0. The molecule has 1 rings (SSSR count). The lowest BCUT2D eigenvalue weighted by atomic mass is 10.0. The molecule has 0 saturated carbocycles. The predicted molar refractivity (Wildman–Crippen MR) is 56.4 cm³/mol. The monoisotopic (exact) mass is 178 g/mol. The van der Waals surface area contributed by atoms with E-state index >= 15 is 0 Å². The SMILES string of the molecule is CN(C)C(C)(N)Cc1ccccc1. The van der Waals surface area contributed by atoms with Gasteiger partial charge in [-0.2, -0.15) is 0 Å². The number of hydrogen-bond acceptors (Lipinski definition) is 2. The van der Waals surface area contributed by atoms with Crippen molar-refractivity contribution in [2.45, 2.75) is 19.0 Å². The van der Waals surface area contributed by atoms with Crippen molar-refractivity contribution >= 4 is 0 Å². The standard InChI is InChI=1S/C11H18N2/c1-11(12,13(2)3)9-10-7-5-4-6-8-10/h4-8H,9,12H2,1-3H3. The summed E-state index contributed by atoms with van der Waals surface area (Å²) in [6.45, 7) is 2.04. The highest BCUT2D eigenvalue weighted by atomic mass is 15.2. The molecular weight excluding hydrogens is 160 g/mol. The van der Waals surface area contributed by atoms with Crippen molar-refractivity contribution in [1.29, 1.82) is 0 Å². The maximum atomic E-state index is 6.12. The van der Waals surface area contributed by atoms with Crippen LogP contribution in [0, 0.1) is 0 Å². The Morgan fingerprint density at radius 1 is 1.23 bits per heavy atom. The molecule has 1 aromatic carbocycles. The zero-order valence-corrected chi connectivity index (χ0v) is 8.62. The van der Waals surface area contributed by atoms with Crippen LogP contribution in [-0.4, -0.2) is 24.7 Å². The number of likely N-dealkylation sites (N-methyl/N-ethyl adjacent to an activating group) is 1. The van der Waals surface area contributed by atoms with Gasteiger partial charge >= 0.3 is 0 Å². The van der Waals surface area contributed by atoms with Gasteiger partial charge in [-0.3, -0.25) is 4.90 Å². The second-order valence-corrected chi connectivity index (χ2v) is 3.91. The molecule has 0 spiro atoms.